The van der Waals surface area contributed by atoms with Gasteiger partial charge in [-0.05, 0) is 31.1 Å². The Kier molecular flexibility index (Phi) is 5.22. The highest BCUT2D eigenvalue weighted by molar-refractivity contribution is 5.84. The minimum Gasteiger partial charge on any atom is -0.381 e. The second-order valence-corrected chi connectivity index (χ2v) is 6.25. The van der Waals surface area contributed by atoms with Crippen molar-refractivity contribution in [3.05, 3.63) is 0 Å². The summed E-state index contributed by atoms with van der Waals surface area (Å²) < 4.78 is 5.41. The Morgan fingerprint density at radius 1 is 1.42 bits per heavy atom. The predicted molar refractivity (Wildman–Crippen MR) is 75.7 cm³/mol. The van der Waals surface area contributed by atoms with Crippen LogP contribution < -0.4 is 5.32 Å². The molecule has 110 valence electrons. The van der Waals surface area contributed by atoms with E-state index in [1.807, 2.05) is 0 Å². The molecule has 0 aromatic carbocycles. The van der Waals surface area contributed by atoms with Crippen LogP contribution >= 0.6 is 0 Å². The molecule has 0 radical (unpaired) electrons. The fraction of sp³-hybridized carbons (Fsp3) is 0.933. The van der Waals surface area contributed by atoms with E-state index < -0.39 is 0 Å². The second-order valence-electron chi connectivity index (χ2n) is 6.25. The molecule has 2 fully saturated rings. The maximum Gasteiger partial charge on any atom is 0.241 e. The van der Waals surface area contributed by atoms with Crippen LogP contribution in [0.5, 0.6) is 0 Å². The maximum atomic E-state index is 12.4. The molecule has 1 amide bonds. The van der Waals surface area contributed by atoms with Crippen molar-refractivity contribution in [3.8, 4) is 0 Å². The van der Waals surface area contributed by atoms with Gasteiger partial charge in [0.25, 0.3) is 0 Å². The van der Waals surface area contributed by atoms with Gasteiger partial charge in [-0.3, -0.25) is 10.1 Å². The average molecular weight is 268 g/mol. The van der Waals surface area contributed by atoms with Gasteiger partial charge in [0.15, 0.2) is 0 Å². The van der Waals surface area contributed by atoms with E-state index in [2.05, 4.69) is 31.0 Å². The molecular formula is C15H28N2O2. The molecule has 4 heteroatoms. The first-order chi connectivity index (χ1) is 9.13. The largest absolute Gasteiger partial charge is 0.381 e. The third-order valence-electron chi connectivity index (χ3n) is 4.30. The molecule has 3 atom stereocenters. The lowest BCUT2D eigenvalue weighted by atomic mass is 10.0. The van der Waals surface area contributed by atoms with Gasteiger partial charge in [-0.15, -0.1) is 0 Å². The molecule has 2 saturated heterocycles. The number of carbonyl (C=O) groups excluding carboxylic acids is 1. The van der Waals surface area contributed by atoms with Gasteiger partial charge in [-0.25, -0.2) is 0 Å². The molecule has 1 N–H and O–H groups in total. The van der Waals surface area contributed by atoms with Gasteiger partial charge in [-0.2, -0.15) is 0 Å². The van der Waals surface area contributed by atoms with E-state index in [1.54, 1.807) is 0 Å². The van der Waals surface area contributed by atoms with Crippen molar-refractivity contribution < 1.29 is 9.53 Å². The topological polar surface area (TPSA) is 41.6 Å². The lowest BCUT2D eigenvalue weighted by Gasteiger charge is -2.28. The number of hydrogen-bond donors (Lipinski definition) is 1. The minimum absolute atomic E-state index is 0.0391. The Morgan fingerprint density at radius 3 is 2.79 bits per heavy atom. The summed E-state index contributed by atoms with van der Waals surface area (Å²) in [7, 11) is 0. The standard InChI is InChI=1S/C15H28N2O2/c1-4-5-13-15(18)17(14(16-13)11(2)3)8-6-12-7-9-19-10-12/h11-14,16H,4-10H2,1-3H3. The Bertz CT molecular complexity index is 301. The Hall–Kier alpha value is -0.610. The van der Waals surface area contributed by atoms with Crippen LogP contribution in [0.1, 0.15) is 46.5 Å². The van der Waals surface area contributed by atoms with Gasteiger partial charge < -0.3 is 9.64 Å². The van der Waals surface area contributed by atoms with Crippen LogP contribution in [0.3, 0.4) is 0 Å². The summed E-state index contributed by atoms with van der Waals surface area (Å²) >= 11 is 0. The summed E-state index contributed by atoms with van der Waals surface area (Å²) in [6, 6.07) is 0.0391. The van der Waals surface area contributed by atoms with E-state index in [0.29, 0.717) is 17.7 Å². The third kappa shape index (κ3) is 3.48. The van der Waals surface area contributed by atoms with Crippen LogP contribution in [0, 0.1) is 11.8 Å². The lowest BCUT2D eigenvalue weighted by Crippen LogP contribution is -2.42. The van der Waals surface area contributed by atoms with Crippen molar-refractivity contribution in [2.75, 3.05) is 19.8 Å². The molecule has 0 aromatic heterocycles. The van der Waals surface area contributed by atoms with E-state index in [1.165, 1.54) is 0 Å². The molecule has 0 saturated carbocycles. The van der Waals surface area contributed by atoms with Gasteiger partial charge in [0.05, 0.1) is 12.2 Å². The van der Waals surface area contributed by atoms with E-state index in [0.717, 1.165) is 45.4 Å². The van der Waals surface area contributed by atoms with Crippen LogP contribution in [0.2, 0.25) is 0 Å². The average Bonchev–Trinajstić information content (AvgIpc) is 2.97. The van der Waals surface area contributed by atoms with Gasteiger partial charge in [-0.1, -0.05) is 27.2 Å². The monoisotopic (exact) mass is 268 g/mol. The van der Waals surface area contributed by atoms with Crippen molar-refractivity contribution >= 4 is 5.91 Å². The van der Waals surface area contributed by atoms with Crippen molar-refractivity contribution in [3.63, 3.8) is 0 Å². The second kappa shape index (κ2) is 6.71. The highest BCUT2D eigenvalue weighted by atomic mass is 16.5. The SMILES string of the molecule is CCCC1NC(C(C)C)N(CCC2CCOC2)C1=O. The molecule has 19 heavy (non-hydrogen) atoms. The number of amides is 1. The normalized spacial score (nSPS) is 31.7. The zero-order chi connectivity index (χ0) is 13.8. The summed E-state index contributed by atoms with van der Waals surface area (Å²) in [6.07, 6.45) is 4.45. The van der Waals surface area contributed by atoms with E-state index >= 15 is 0 Å². The highest BCUT2D eigenvalue weighted by Gasteiger charge is 2.39. The zero-order valence-corrected chi connectivity index (χ0v) is 12.5. The molecule has 0 spiro atoms. The molecule has 0 aliphatic carbocycles. The van der Waals surface area contributed by atoms with Crippen molar-refractivity contribution in [1.82, 2.24) is 10.2 Å². The summed E-state index contributed by atoms with van der Waals surface area (Å²) in [5.74, 6) is 1.41. The zero-order valence-electron chi connectivity index (χ0n) is 12.5. The molecule has 4 nitrogen and oxygen atoms in total. The van der Waals surface area contributed by atoms with Gasteiger partial charge in [0, 0.05) is 19.8 Å². The first-order valence-corrected chi connectivity index (χ1v) is 7.77. The van der Waals surface area contributed by atoms with E-state index in [-0.39, 0.29) is 12.2 Å². The highest BCUT2D eigenvalue weighted by Crippen LogP contribution is 2.23. The molecule has 0 aromatic rings. The molecule has 2 rings (SSSR count). The fourth-order valence-electron chi connectivity index (χ4n) is 3.13. The molecule has 3 unspecified atom stereocenters. The van der Waals surface area contributed by atoms with E-state index in [9.17, 15) is 4.79 Å². The molecule has 2 aliphatic rings. The Morgan fingerprint density at radius 2 is 2.21 bits per heavy atom. The molecular weight excluding hydrogens is 240 g/mol. The Balaban J connectivity index is 1.92. The van der Waals surface area contributed by atoms with Crippen LogP contribution in [-0.2, 0) is 9.53 Å². The predicted octanol–water partition coefficient (Wildman–Crippen LogP) is 2.00. The fourth-order valence-corrected chi connectivity index (χ4v) is 3.13. The molecule has 2 heterocycles. The van der Waals surface area contributed by atoms with Crippen molar-refractivity contribution in [2.45, 2.75) is 58.7 Å². The lowest BCUT2D eigenvalue weighted by molar-refractivity contribution is -0.130. The first-order valence-electron chi connectivity index (χ1n) is 7.77. The molecule has 0 bridgehead atoms. The summed E-state index contributed by atoms with van der Waals surface area (Å²) in [6.45, 7) is 9.15. The molecule has 2 aliphatic heterocycles. The van der Waals surface area contributed by atoms with Crippen molar-refractivity contribution in [1.29, 1.82) is 0 Å². The van der Waals surface area contributed by atoms with Gasteiger partial charge in [0.1, 0.15) is 0 Å². The van der Waals surface area contributed by atoms with Crippen LogP contribution in [-0.4, -0.2) is 42.8 Å². The Labute approximate surface area is 116 Å². The van der Waals surface area contributed by atoms with Crippen LogP contribution in [0.15, 0.2) is 0 Å². The summed E-state index contributed by atoms with van der Waals surface area (Å²) in [5, 5.41) is 3.51. The van der Waals surface area contributed by atoms with Crippen LogP contribution in [0.4, 0.5) is 0 Å². The van der Waals surface area contributed by atoms with Crippen molar-refractivity contribution in [2.24, 2.45) is 11.8 Å². The smallest absolute Gasteiger partial charge is 0.241 e. The summed E-state index contributed by atoms with van der Waals surface area (Å²) in [4.78, 5) is 14.5. The van der Waals surface area contributed by atoms with Gasteiger partial charge in [0.2, 0.25) is 5.91 Å². The number of rotatable bonds is 6. The number of ether oxygens (including phenoxy) is 1. The van der Waals surface area contributed by atoms with E-state index in [4.69, 9.17) is 4.74 Å². The number of carbonyl (C=O) groups is 1. The quantitative estimate of drug-likeness (QED) is 0.801. The number of nitrogens with zero attached hydrogens (tertiary/aromatic N) is 1. The van der Waals surface area contributed by atoms with Crippen LogP contribution in [0.25, 0.3) is 0 Å². The maximum absolute atomic E-state index is 12.4. The van der Waals surface area contributed by atoms with Gasteiger partial charge >= 0.3 is 0 Å². The summed E-state index contributed by atoms with van der Waals surface area (Å²) in [5.41, 5.74) is 0. The number of hydrogen-bond acceptors (Lipinski definition) is 3. The first kappa shape index (κ1) is 14.8. The third-order valence-corrected chi connectivity index (χ3v) is 4.30. The number of nitrogens with one attached hydrogen (secondary N) is 1. The minimum atomic E-state index is 0.0391.